The second kappa shape index (κ2) is 13.7. The zero-order chi connectivity index (χ0) is 26.0. The van der Waals surface area contributed by atoms with Crippen molar-refractivity contribution < 1.29 is 29.4 Å². The summed E-state index contributed by atoms with van der Waals surface area (Å²) in [6, 6.07) is -4.24. The van der Waals surface area contributed by atoms with E-state index in [1.165, 1.54) is 11.8 Å². The smallest absolute Gasteiger partial charge is 0.326 e. The molecule has 13 heteroatoms. The fraction of sp³-hybridized carbons (Fsp3) is 0.762. The van der Waals surface area contributed by atoms with Crippen molar-refractivity contribution in [2.75, 3.05) is 13.1 Å². The van der Waals surface area contributed by atoms with Gasteiger partial charge in [-0.2, -0.15) is 0 Å². The molecule has 1 saturated heterocycles. The second-order valence-corrected chi connectivity index (χ2v) is 8.68. The summed E-state index contributed by atoms with van der Waals surface area (Å²) < 4.78 is 0. The highest BCUT2D eigenvalue weighted by atomic mass is 16.4. The molecule has 194 valence electrons. The quantitative estimate of drug-likeness (QED) is 0.0854. The number of guanidine groups is 1. The van der Waals surface area contributed by atoms with Crippen molar-refractivity contribution in [3.8, 4) is 0 Å². The fourth-order valence-corrected chi connectivity index (χ4v) is 3.71. The van der Waals surface area contributed by atoms with Gasteiger partial charge in [-0.15, -0.1) is 0 Å². The fourth-order valence-electron chi connectivity index (χ4n) is 3.71. The van der Waals surface area contributed by atoms with Crippen molar-refractivity contribution in [2.45, 2.75) is 83.1 Å². The lowest BCUT2D eigenvalue weighted by atomic mass is 9.98. The molecule has 0 aromatic carbocycles. The molecule has 13 nitrogen and oxygen atoms in total. The SMILES string of the molecule is CCC(C)C(NC(=O)C1CCCN1C(=O)C(NC(=O)C(N)CCCN=C(N)N)C(C)O)C(=O)O. The summed E-state index contributed by atoms with van der Waals surface area (Å²) in [5.74, 6) is -3.37. The third-order valence-corrected chi connectivity index (χ3v) is 5.97. The molecule has 1 aliphatic heterocycles. The zero-order valence-electron chi connectivity index (χ0n) is 20.1. The molecule has 6 atom stereocenters. The maximum Gasteiger partial charge on any atom is 0.326 e. The molecule has 1 heterocycles. The van der Waals surface area contributed by atoms with Gasteiger partial charge in [0.05, 0.1) is 12.1 Å². The van der Waals surface area contributed by atoms with Crippen molar-refractivity contribution in [3.63, 3.8) is 0 Å². The Morgan fingerprint density at radius 3 is 2.32 bits per heavy atom. The topological polar surface area (TPSA) is 226 Å². The van der Waals surface area contributed by atoms with Crippen LogP contribution in [-0.4, -0.2) is 88.1 Å². The molecule has 0 bridgehead atoms. The minimum atomic E-state index is -1.31. The number of nitrogens with two attached hydrogens (primary N) is 3. The van der Waals surface area contributed by atoms with E-state index in [1.807, 2.05) is 6.92 Å². The molecule has 0 aliphatic carbocycles. The zero-order valence-corrected chi connectivity index (χ0v) is 20.1. The van der Waals surface area contributed by atoms with Gasteiger partial charge in [0.1, 0.15) is 18.1 Å². The van der Waals surface area contributed by atoms with E-state index in [-0.39, 0.29) is 24.8 Å². The van der Waals surface area contributed by atoms with Crippen molar-refractivity contribution in [1.82, 2.24) is 15.5 Å². The highest BCUT2D eigenvalue weighted by Crippen LogP contribution is 2.20. The van der Waals surface area contributed by atoms with Crippen molar-refractivity contribution in [2.24, 2.45) is 28.1 Å². The van der Waals surface area contributed by atoms with Crippen LogP contribution in [0.1, 0.15) is 52.9 Å². The second-order valence-electron chi connectivity index (χ2n) is 8.68. The molecule has 1 fully saturated rings. The van der Waals surface area contributed by atoms with Crippen molar-refractivity contribution in [1.29, 1.82) is 0 Å². The van der Waals surface area contributed by atoms with Crippen LogP contribution in [0.25, 0.3) is 0 Å². The predicted octanol–water partition coefficient (Wildman–Crippen LogP) is -2.16. The lowest BCUT2D eigenvalue weighted by Gasteiger charge is -2.31. The van der Waals surface area contributed by atoms with Crippen LogP contribution in [0.3, 0.4) is 0 Å². The van der Waals surface area contributed by atoms with Gasteiger partial charge in [-0.1, -0.05) is 20.3 Å². The Kier molecular flexibility index (Phi) is 11.7. The van der Waals surface area contributed by atoms with Gasteiger partial charge in [0, 0.05) is 13.1 Å². The molecule has 3 amide bonds. The standard InChI is InChI=1S/C21H39N7O6/c1-4-11(2)15(20(33)34)26-18(31)14-8-6-10-28(14)19(32)16(12(3)29)27-17(30)13(22)7-5-9-25-21(23)24/h11-16,29H,4-10,22H2,1-3H3,(H,26,31)(H,27,30)(H,33,34)(H4,23,24,25). The number of amides is 3. The van der Waals surface area contributed by atoms with E-state index in [2.05, 4.69) is 15.6 Å². The van der Waals surface area contributed by atoms with E-state index in [4.69, 9.17) is 17.2 Å². The number of aliphatic hydroxyl groups is 1. The predicted molar refractivity (Wildman–Crippen MR) is 125 cm³/mol. The number of hydrogen-bond donors (Lipinski definition) is 7. The van der Waals surface area contributed by atoms with Gasteiger partial charge in [0.15, 0.2) is 5.96 Å². The molecule has 34 heavy (non-hydrogen) atoms. The number of nitrogens with zero attached hydrogens (tertiary/aromatic N) is 2. The molecule has 10 N–H and O–H groups in total. The Morgan fingerprint density at radius 2 is 1.79 bits per heavy atom. The third kappa shape index (κ3) is 8.45. The maximum absolute atomic E-state index is 13.2. The Hall–Kier alpha value is -2.93. The average Bonchev–Trinajstić information content (AvgIpc) is 3.26. The number of carboxylic acid groups (broad SMARTS) is 1. The Morgan fingerprint density at radius 1 is 1.15 bits per heavy atom. The van der Waals surface area contributed by atoms with Gasteiger partial charge in [0.2, 0.25) is 17.7 Å². The van der Waals surface area contributed by atoms with E-state index >= 15 is 0 Å². The number of nitrogens with one attached hydrogen (secondary N) is 2. The molecule has 6 unspecified atom stereocenters. The monoisotopic (exact) mass is 485 g/mol. The number of carbonyl (C=O) groups excluding carboxylic acids is 3. The Bertz CT molecular complexity index is 756. The summed E-state index contributed by atoms with van der Waals surface area (Å²) in [6.07, 6.45) is 0.860. The average molecular weight is 486 g/mol. The van der Waals surface area contributed by atoms with Crippen molar-refractivity contribution >= 4 is 29.7 Å². The Balaban J connectivity index is 2.85. The summed E-state index contributed by atoms with van der Waals surface area (Å²) >= 11 is 0. The summed E-state index contributed by atoms with van der Waals surface area (Å²) in [4.78, 5) is 55.2. The van der Waals surface area contributed by atoms with Crippen molar-refractivity contribution in [3.05, 3.63) is 0 Å². The van der Waals surface area contributed by atoms with E-state index in [0.717, 1.165) is 0 Å². The van der Waals surface area contributed by atoms with Crippen LogP contribution in [0.4, 0.5) is 0 Å². The van der Waals surface area contributed by atoms with Crippen LogP contribution >= 0.6 is 0 Å². The van der Waals surface area contributed by atoms with Crippen LogP contribution < -0.4 is 27.8 Å². The van der Waals surface area contributed by atoms with Gasteiger partial charge < -0.3 is 42.9 Å². The number of carbonyl (C=O) groups is 4. The Labute approximate surface area is 199 Å². The van der Waals surface area contributed by atoms with E-state index in [1.54, 1.807) is 6.92 Å². The minimum Gasteiger partial charge on any atom is -0.480 e. The lowest BCUT2D eigenvalue weighted by molar-refractivity contribution is -0.146. The number of aliphatic imine (C=N–C) groups is 1. The highest BCUT2D eigenvalue weighted by Gasteiger charge is 2.40. The van der Waals surface area contributed by atoms with E-state index < -0.39 is 54.0 Å². The number of likely N-dealkylation sites (tertiary alicyclic amines) is 1. The van der Waals surface area contributed by atoms with Crippen LogP contribution in [0, 0.1) is 5.92 Å². The minimum absolute atomic E-state index is 0.0687. The molecule has 0 radical (unpaired) electrons. The maximum atomic E-state index is 13.2. The molecular weight excluding hydrogens is 446 g/mol. The van der Waals surface area contributed by atoms with Gasteiger partial charge in [-0.05, 0) is 38.5 Å². The van der Waals surface area contributed by atoms with Crippen LogP contribution in [0.2, 0.25) is 0 Å². The summed E-state index contributed by atoms with van der Waals surface area (Å²) in [6.45, 7) is 5.42. The first-order valence-electron chi connectivity index (χ1n) is 11.5. The normalized spacial score (nSPS) is 19.9. The molecule has 1 rings (SSSR count). The highest BCUT2D eigenvalue weighted by molar-refractivity contribution is 5.94. The first-order chi connectivity index (χ1) is 15.9. The molecule has 0 spiro atoms. The number of aliphatic carboxylic acids is 1. The molecule has 0 saturated carbocycles. The first-order valence-corrected chi connectivity index (χ1v) is 11.5. The molecular formula is C21H39N7O6. The summed E-state index contributed by atoms with van der Waals surface area (Å²) in [5, 5.41) is 24.6. The van der Waals surface area contributed by atoms with Crippen LogP contribution in [0.15, 0.2) is 4.99 Å². The third-order valence-electron chi connectivity index (χ3n) is 5.97. The van der Waals surface area contributed by atoms with E-state index in [0.29, 0.717) is 32.2 Å². The van der Waals surface area contributed by atoms with Crippen LogP contribution in [0.5, 0.6) is 0 Å². The van der Waals surface area contributed by atoms with Gasteiger partial charge in [-0.3, -0.25) is 19.4 Å². The number of carboxylic acids is 1. The van der Waals surface area contributed by atoms with Gasteiger partial charge >= 0.3 is 5.97 Å². The first kappa shape index (κ1) is 29.1. The number of aliphatic hydroxyl groups excluding tert-OH is 1. The summed E-state index contributed by atoms with van der Waals surface area (Å²) in [5.41, 5.74) is 16.4. The number of rotatable bonds is 13. The summed E-state index contributed by atoms with van der Waals surface area (Å²) in [7, 11) is 0. The number of hydrogen-bond acceptors (Lipinski definition) is 7. The molecule has 1 aliphatic rings. The van der Waals surface area contributed by atoms with Gasteiger partial charge in [-0.25, -0.2) is 4.79 Å². The lowest BCUT2D eigenvalue weighted by Crippen LogP contribution is -2.59. The van der Waals surface area contributed by atoms with Gasteiger partial charge in [0.25, 0.3) is 0 Å². The molecule has 0 aromatic heterocycles. The van der Waals surface area contributed by atoms with Crippen LogP contribution in [-0.2, 0) is 19.2 Å². The largest absolute Gasteiger partial charge is 0.480 e. The molecule has 0 aromatic rings. The van der Waals surface area contributed by atoms with E-state index in [9.17, 15) is 29.4 Å².